The van der Waals surface area contributed by atoms with Crippen LogP contribution in [0.2, 0.25) is 0 Å². The first-order valence-corrected chi connectivity index (χ1v) is 7.68. The number of halogens is 3. The molecule has 0 aliphatic heterocycles. The largest absolute Gasteiger partial charge is 0.416 e. The summed E-state index contributed by atoms with van der Waals surface area (Å²) in [5.41, 5.74) is -0.254. The predicted molar refractivity (Wildman–Crippen MR) is 80.6 cm³/mol. The van der Waals surface area contributed by atoms with Gasteiger partial charge in [-0.05, 0) is 37.2 Å². The maximum absolute atomic E-state index is 13.1. The normalized spacial score (nSPS) is 13.4. The van der Waals surface area contributed by atoms with Gasteiger partial charge in [-0.15, -0.1) is 11.3 Å². The van der Waals surface area contributed by atoms with Crippen LogP contribution in [-0.2, 0) is 19.0 Å². The van der Waals surface area contributed by atoms with Crippen molar-refractivity contribution >= 4 is 11.3 Å². The zero-order chi connectivity index (χ0) is 15.5. The van der Waals surface area contributed by atoms with Crippen LogP contribution in [0.15, 0.2) is 36.4 Å². The van der Waals surface area contributed by atoms with Crippen molar-refractivity contribution in [3.8, 4) is 0 Å². The van der Waals surface area contributed by atoms with Crippen LogP contribution in [0.25, 0.3) is 0 Å². The molecule has 1 nitrogen and oxygen atoms in total. The lowest BCUT2D eigenvalue weighted by molar-refractivity contribution is -0.138. The average Bonchev–Trinajstić information content (AvgIpc) is 2.91. The fraction of sp³-hybridized carbons (Fsp3) is 0.375. The van der Waals surface area contributed by atoms with E-state index >= 15 is 0 Å². The Morgan fingerprint density at radius 1 is 1.10 bits per heavy atom. The summed E-state index contributed by atoms with van der Waals surface area (Å²) in [5, 5.41) is 3.01. The van der Waals surface area contributed by atoms with Crippen LogP contribution in [0.3, 0.4) is 0 Å². The predicted octanol–water partition coefficient (Wildman–Crippen LogP) is 4.83. The number of hydrogen-bond donors (Lipinski definition) is 1. The van der Waals surface area contributed by atoms with Crippen molar-refractivity contribution < 1.29 is 13.2 Å². The second-order valence-corrected chi connectivity index (χ2v) is 6.10. The minimum absolute atomic E-state index is 0.305. The van der Waals surface area contributed by atoms with Gasteiger partial charge in [-0.25, -0.2) is 0 Å². The molecule has 0 bridgehead atoms. The number of benzene rings is 1. The van der Waals surface area contributed by atoms with Crippen LogP contribution in [0.4, 0.5) is 13.2 Å². The van der Waals surface area contributed by atoms with Gasteiger partial charge in [0.05, 0.1) is 5.56 Å². The Morgan fingerprint density at radius 2 is 1.76 bits per heavy atom. The van der Waals surface area contributed by atoms with Crippen LogP contribution < -0.4 is 5.32 Å². The maximum Gasteiger partial charge on any atom is 0.416 e. The lowest BCUT2D eigenvalue weighted by Gasteiger charge is -2.20. The third-order valence-corrected chi connectivity index (χ3v) is 4.71. The minimum Gasteiger partial charge on any atom is -0.313 e. The van der Waals surface area contributed by atoms with E-state index < -0.39 is 11.7 Å². The van der Waals surface area contributed by atoms with Gasteiger partial charge in [-0.2, -0.15) is 13.2 Å². The molecule has 0 fully saturated rings. The molecule has 1 heterocycles. The van der Waals surface area contributed by atoms with Gasteiger partial charge in [0.1, 0.15) is 0 Å². The van der Waals surface area contributed by atoms with Crippen LogP contribution in [-0.4, -0.2) is 7.05 Å². The standard InChI is InChI=1S/C16H18F3NS/c1-3-11-8-9-12(21-11)10-15(20-2)13-6-4-5-7-14(13)16(17,18)19/h4-9,15,20H,3,10H2,1-2H3. The van der Waals surface area contributed by atoms with Gasteiger partial charge in [-0.1, -0.05) is 25.1 Å². The zero-order valence-corrected chi connectivity index (χ0v) is 12.8. The van der Waals surface area contributed by atoms with E-state index in [1.807, 2.05) is 12.1 Å². The molecule has 1 unspecified atom stereocenters. The monoisotopic (exact) mass is 313 g/mol. The summed E-state index contributed by atoms with van der Waals surface area (Å²) in [4.78, 5) is 2.35. The van der Waals surface area contributed by atoms with Crippen molar-refractivity contribution in [1.29, 1.82) is 0 Å². The molecule has 0 saturated heterocycles. The van der Waals surface area contributed by atoms with Crippen molar-refractivity contribution in [3.63, 3.8) is 0 Å². The Kier molecular flexibility index (Phi) is 5.06. The summed E-state index contributed by atoms with van der Waals surface area (Å²) in [6.45, 7) is 2.07. The fourth-order valence-corrected chi connectivity index (χ4v) is 3.35. The number of aryl methyl sites for hydroxylation is 1. The average molecular weight is 313 g/mol. The number of thiophene rings is 1. The molecule has 1 aromatic heterocycles. The Hall–Kier alpha value is -1.33. The molecule has 0 saturated carbocycles. The Balaban J connectivity index is 2.29. The van der Waals surface area contributed by atoms with Crippen molar-refractivity contribution in [3.05, 3.63) is 57.3 Å². The van der Waals surface area contributed by atoms with E-state index in [0.29, 0.717) is 12.0 Å². The van der Waals surface area contributed by atoms with Crippen LogP contribution in [0, 0.1) is 0 Å². The smallest absolute Gasteiger partial charge is 0.313 e. The molecule has 2 aromatic rings. The van der Waals surface area contributed by atoms with Crippen molar-refractivity contribution in [1.82, 2.24) is 5.32 Å². The molecular weight excluding hydrogens is 295 g/mol. The maximum atomic E-state index is 13.1. The molecule has 5 heteroatoms. The van der Waals surface area contributed by atoms with Gasteiger partial charge < -0.3 is 5.32 Å². The highest BCUT2D eigenvalue weighted by molar-refractivity contribution is 7.11. The first-order chi connectivity index (χ1) is 9.95. The molecule has 21 heavy (non-hydrogen) atoms. The molecule has 1 aromatic carbocycles. The van der Waals surface area contributed by atoms with Gasteiger partial charge in [0, 0.05) is 22.2 Å². The van der Waals surface area contributed by atoms with E-state index in [4.69, 9.17) is 0 Å². The minimum atomic E-state index is -4.32. The molecule has 2 rings (SSSR count). The molecule has 0 aliphatic carbocycles. The molecule has 0 aliphatic rings. The summed E-state index contributed by atoms with van der Waals surface area (Å²) in [7, 11) is 1.70. The topological polar surface area (TPSA) is 12.0 Å². The molecule has 1 N–H and O–H groups in total. The molecule has 0 radical (unpaired) electrons. The summed E-state index contributed by atoms with van der Waals surface area (Å²) < 4.78 is 39.4. The molecule has 1 atom stereocenters. The van der Waals surface area contributed by atoms with E-state index in [2.05, 4.69) is 12.2 Å². The summed E-state index contributed by atoms with van der Waals surface area (Å²) in [6.07, 6.45) is -2.81. The second kappa shape index (κ2) is 6.62. The van der Waals surface area contributed by atoms with E-state index in [9.17, 15) is 13.2 Å². The number of rotatable bonds is 5. The van der Waals surface area contributed by atoms with E-state index in [0.717, 1.165) is 17.4 Å². The first-order valence-electron chi connectivity index (χ1n) is 6.86. The van der Waals surface area contributed by atoms with Crippen molar-refractivity contribution in [2.75, 3.05) is 7.05 Å². The molecule has 0 amide bonds. The number of hydrogen-bond acceptors (Lipinski definition) is 2. The van der Waals surface area contributed by atoms with E-state index in [1.165, 1.54) is 10.9 Å². The van der Waals surface area contributed by atoms with Gasteiger partial charge in [0.15, 0.2) is 0 Å². The highest BCUT2D eigenvalue weighted by Crippen LogP contribution is 2.35. The van der Waals surface area contributed by atoms with Gasteiger partial charge in [0.25, 0.3) is 0 Å². The lowest BCUT2D eigenvalue weighted by atomic mass is 9.97. The summed E-state index contributed by atoms with van der Waals surface area (Å²) in [5.74, 6) is 0. The van der Waals surface area contributed by atoms with E-state index in [1.54, 1.807) is 30.5 Å². The zero-order valence-electron chi connectivity index (χ0n) is 12.0. The van der Waals surface area contributed by atoms with Crippen LogP contribution in [0.1, 0.15) is 33.8 Å². The highest BCUT2D eigenvalue weighted by atomic mass is 32.1. The number of nitrogens with one attached hydrogen (secondary N) is 1. The second-order valence-electron chi connectivity index (χ2n) is 4.85. The SMILES string of the molecule is CCc1ccc(CC(NC)c2ccccc2C(F)(F)F)s1. The molecule has 0 spiro atoms. The lowest BCUT2D eigenvalue weighted by Crippen LogP contribution is -2.22. The van der Waals surface area contributed by atoms with Crippen molar-refractivity contribution in [2.24, 2.45) is 0 Å². The number of alkyl halides is 3. The van der Waals surface area contributed by atoms with Crippen LogP contribution >= 0.6 is 11.3 Å². The highest BCUT2D eigenvalue weighted by Gasteiger charge is 2.34. The summed E-state index contributed by atoms with van der Waals surface area (Å²) in [6, 6.07) is 9.49. The fourth-order valence-electron chi connectivity index (χ4n) is 2.35. The first kappa shape index (κ1) is 16.0. The third-order valence-electron chi connectivity index (χ3n) is 3.46. The number of likely N-dealkylation sites (N-methyl/N-ethyl adjacent to an activating group) is 1. The Morgan fingerprint density at radius 3 is 2.33 bits per heavy atom. The van der Waals surface area contributed by atoms with Gasteiger partial charge >= 0.3 is 6.18 Å². The van der Waals surface area contributed by atoms with Crippen LogP contribution in [0.5, 0.6) is 0 Å². The van der Waals surface area contributed by atoms with E-state index in [-0.39, 0.29) is 6.04 Å². The Bertz CT molecular complexity index is 589. The Labute approximate surface area is 126 Å². The quantitative estimate of drug-likeness (QED) is 0.833. The molecular formula is C16H18F3NS. The van der Waals surface area contributed by atoms with Crippen molar-refractivity contribution in [2.45, 2.75) is 32.0 Å². The summed E-state index contributed by atoms with van der Waals surface area (Å²) >= 11 is 1.66. The molecule has 114 valence electrons. The van der Waals surface area contributed by atoms with Gasteiger partial charge in [0.2, 0.25) is 0 Å². The van der Waals surface area contributed by atoms with Gasteiger partial charge in [-0.3, -0.25) is 0 Å². The third kappa shape index (κ3) is 3.86.